The Morgan fingerprint density at radius 2 is 1.81 bits per heavy atom. The van der Waals surface area contributed by atoms with Crippen LogP contribution < -0.4 is 5.73 Å². The molecule has 0 saturated carbocycles. The molecule has 2 unspecified atom stereocenters. The predicted octanol–water partition coefficient (Wildman–Crippen LogP) is 3.03. The molecule has 0 saturated heterocycles. The Morgan fingerprint density at radius 1 is 1.10 bits per heavy atom. The van der Waals surface area contributed by atoms with Crippen molar-refractivity contribution >= 4 is 0 Å². The van der Waals surface area contributed by atoms with Gasteiger partial charge in [0.05, 0.1) is 5.69 Å². The molecule has 0 bridgehead atoms. The monoisotopic (exact) mass is 283 g/mol. The van der Waals surface area contributed by atoms with Gasteiger partial charge in [-0.05, 0) is 37.1 Å². The summed E-state index contributed by atoms with van der Waals surface area (Å²) in [4.78, 5) is 6.70. The summed E-state index contributed by atoms with van der Waals surface area (Å²) in [5.41, 5.74) is 8.46. The van der Waals surface area contributed by atoms with Gasteiger partial charge in [-0.25, -0.2) is 0 Å². The van der Waals surface area contributed by atoms with Crippen LogP contribution in [-0.2, 0) is 6.54 Å². The molecule has 3 heteroatoms. The molecule has 0 amide bonds. The lowest BCUT2D eigenvalue weighted by Gasteiger charge is -2.29. The van der Waals surface area contributed by atoms with Gasteiger partial charge in [-0.2, -0.15) is 0 Å². The van der Waals surface area contributed by atoms with Crippen molar-refractivity contribution in [2.24, 2.45) is 5.73 Å². The number of rotatable bonds is 7. The van der Waals surface area contributed by atoms with Crippen LogP contribution in [0.1, 0.15) is 30.5 Å². The van der Waals surface area contributed by atoms with E-state index in [-0.39, 0.29) is 0 Å². The van der Waals surface area contributed by atoms with Crippen molar-refractivity contribution in [3.63, 3.8) is 0 Å². The Bertz CT molecular complexity index is 513. The highest BCUT2D eigenvalue weighted by molar-refractivity contribution is 5.19. The summed E-state index contributed by atoms with van der Waals surface area (Å²) in [6.07, 6.45) is 2.90. The largest absolute Gasteiger partial charge is 0.329 e. The van der Waals surface area contributed by atoms with Gasteiger partial charge in [0, 0.05) is 25.3 Å². The Kier molecular flexibility index (Phi) is 5.90. The lowest BCUT2D eigenvalue weighted by Crippen LogP contribution is -2.38. The Hall–Kier alpha value is -1.71. The van der Waals surface area contributed by atoms with E-state index in [4.69, 9.17) is 5.73 Å². The quantitative estimate of drug-likeness (QED) is 0.849. The van der Waals surface area contributed by atoms with Crippen LogP contribution >= 0.6 is 0 Å². The zero-order valence-corrected chi connectivity index (χ0v) is 12.9. The van der Waals surface area contributed by atoms with Crippen LogP contribution in [0.4, 0.5) is 0 Å². The molecule has 0 spiro atoms. The summed E-state index contributed by atoms with van der Waals surface area (Å²) in [6, 6.07) is 17.0. The van der Waals surface area contributed by atoms with E-state index in [0.29, 0.717) is 18.5 Å². The first kappa shape index (κ1) is 15.7. The van der Waals surface area contributed by atoms with Crippen molar-refractivity contribution in [2.45, 2.75) is 31.8 Å². The lowest BCUT2D eigenvalue weighted by atomic mass is 9.93. The molecule has 0 radical (unpaired) electrons. The standard InChI is InChI=1S/C18H25N3/c1-15(16-8-4-3-5-9-16)12-18(13-19)21(2)14-17-10-6-7-11-20-17/h3-11,15,18H,12-14,19H2,1-2H3. The minimum atomic E-state index is 0.363. The molecular formula is C18H25N3. The van der Waals surface area contributed by atoms with Gasteiger partial charge in [0.2, 0.25) is 0 Å². The first-order chi connectivity index (χ1) is 10.2. The van der Waals surface area contributed by atoms with Gasteiger partial charge in [-0.15, -0.1) is 0 Å². The maximum atomic E-state index is 5.99. The van der Waals surface area contributed by atoms with Gasteiger partial charge in [-0.1, -0.05) is 43.3 Å². The van der Waals surface area contributed by atoms with E-state index in [1.165, 1.54) is 5.56 Å². The fourth-order valence-corrected chi connectivity index (χ4v) is 2.66. The first-order valence-electron chi connectivity index (χ1n) is 7.56. The Labute approximate surface area is 127 Å². The molecule has 0 aliphatic rings. The predicted molar refractivity (Wildman–Crippen MR) is 88.0 cm³/mol. The van der Waals surface area contributed by atoms with Crippen LogP contribution in [0, 0.1) is 0 Å². The molecule has 2 aromatic rings. The number of nitrogens with zero attached hydrogens (tertiary/aromatic N) is 2. The average Bonchev–Trinajstić information content (AvgIpc) is 2.54. The number of likely N-dealkylation sites (N-methyl/N-ethyl adjacent to an activating group) is 1. The minimum Gasteiger partial charge on any atom is -0.329 e. The van der Waals surface area contributed by atoms with Gasteiger partial charge in [0.1, 0.15) is 0 Å². The van der Waals surface area contributed by atoms with E-state index >= 15 is 0 Å². The smallest absolute Gasteiger partial charge is 0.0543 e. The van der Waals surface area contributed by atoms with Gasteiger partial charge < -0.3 is 5.73 Å². The van der Waals surface area contributed by atoms with Crippen LogP contribution in [0.5, 0.6) is 0 Å². The summed E-state index contributed by atoms with van der Waals surface area (Å²) in [5.74, 6) is 0.505. The second-order valence-corrected chi connectivity index (χ2v) is 5.67. The zero-order valence-electron chi connectivity index (χ0n) is 12.9. The molecule has 1 aromatic carbocycles. The van der Waals surface area contributed by atoms with E-state index in [2.05, 4.69) is 60.3 Å². The van der Waals surface area contributed by atoms with Gasteiger partial charge in [0.15, 0.2) is 0 Å². The van der Waals surface area contributed by atoms with Gasteiger partial charge >= 0.3 is 0 Å². The second-order valence-electron chi connectivity index (χ2n) is 5.67. The summed E-state index contributed by atoms with van der Waals surface area (Å²) in [6.45, 7) is 3.78. The highest BCUT2D eigenvalue weighted by atomic mass is 15.1. The highest BCUT2D eigenvalue weighted by Gasteiger charge is 2.18. The fourth-order valence-electron chi connectivity index (χ4n) is 2.66. The number of aromatic nitrogens is 1. The molecule has 0 aliphatic heterocycles. The van der Waals surface area contributed by atoms with E-state index < -0.39 is 0 Å². The summed E-state index contributed by atoms with van der Waals surface area (Å²) < 4.78 is 0. The van der Waals surface area contributed by atoms with Crippen LogP contribution in [-0.4, -0.2) is 29.5 Å². The maximum absolute atomic E-state index is 5.99. The van der Waals surface area contributed by atoms with Crippen molar-refractivity contribution in [1.82, 2.24) is 9.88 Å². The molecule has 1 aromatic heterocycles. The van der Waals surface area contributed by atoms with Gasteiger partial charge in [0.25, 0.3) is 0 Å². The molecule has 21 heavy (non-hydrogen) atoms. The molecule has 1 heterocycles. The van der Waals surface area contributed by atoms with Crippen LogP contribution in [0.15, 0.2) is 54.7 Å². The van der Waals surface area contributed by atoms with E-state index in [1.807, 2.05) is 18.3 Å². The molecule has 112 valence electrons. The molecule has 3 nitrogen and oxygen atoms in total. The van der Waals surface area contributed by atoms with E-state index in [0.717, 1.165) is 18.7 Å². The maximum Gasteiger partial charge on any atom is 0.0543 e. The number of pyridine rings is 1. The second kappa shape index (κ2) is 7.91. The van der Waals surface area contributed by atoms with Crippen LogP contribution in [0.3, 0.4) is 0 Å². The molecule has 2 N–H and O–H groups in total. The lowest BCUT2D eigenvalue weighted by molar-refractivity contribution is 0.217. The van der Waals surface area contributed by atoms with Crippen LogP contribution in [0.25, 0.3) is 0 Å². The Morgan fingerprint density at radius 3 is 2.43 bits per heavy atom. The SMILES string of the molecule is CC(CC(CN)N(C)Cc1ccccn1)c1ccccc1. The number of nitrogens with two attached hydrogens (primary N) is 1. The topological polar surface area (TPSA) is 42.1 Å². The number of hydrogen-bond acceptors (Lipinski definition) is 3. The third-order valence-corrected chi connectivity index (χ3v) is 4.03. The molecule has 2 rings (SSSR count). The van der Waals surface area contributed by atoms with E-state index in [9.17, 15) is 0 Å². The normalized spacial score (nSPS) is 14.1. The fraction of sp³-hybridized carbons (Fsp3) is 0.389. The number of benzene rings is 1. The van der Waals surface area contributed by atoms with Gasteiger partial charge in [-0.3, -0.25) is 9.88 Å². The van der Waals surface area contributed by atoms with Crippen molar-refractivity contribution in [3.8, 4) is 0 Å². The van der Waals surface area contributed by atoms with E-state index in [1.54, 1.807) is 0 Å². The summed E-state index contributed by atoms with van der Waals surface area (Å²) in [5, 5.41) is 0. The van der Waals surface area contributed by atoms with Crippen LogP contribution in [0.2, 0.25) is 0 Å². The molecule has 0 fully saturated rings. The molecule has 0 aliphatic carbocycles. The summed E-state index contributed by atoms with van der Waals surface area (Å²) in [7, 11) is 2.13. The highest BCUT2D eigenvalue weighted by Crippen LogP contribution is 2.22. The van der Waals surface area contributed by atoms with Crippen molar-refractivity contribution in [1.29, 1.82) is 0 Å². The zero-order chi connectivity index (χ0) is 15.1. The molecule has 2 atom stereocenters. The third-order valence-electron chi connectivity index (χ3n) is 4.03. The van der Waals surface area contributed by atoms with Crippen molar-refractivity contribution < 1.29 is 0 Å². The van der Waals surface area contributed by atoms with Crippen molar-refractivity contribution in [2.75, 3.05) is 13.6 Å². The van der Waals surface area contributed by atoms with Crippen molar-refractivity contribution in [3.05, 3.63) is 66.0 Å². The number of hydrogen-bond donors (Lipinski definition) is 1. The average molecular weight is 283 g/mol. The first-order valence-corrected chi connectivity index (χ1v) is 7.56. The summed E-state index contributed by atoms with van der Waals surface area (Å²) >= 11 is 0. The Balaban J connectivity index is 1.96. The molecular weight excluding hydrogens is 258 g/mol. The minimum absolute atomic E-state index is 0.363. The third kappa shape index (κ3) is 4.66.